The minimum atomic E-state index is 0. The Morgan fingerprint density at radius 1 is 1.10 bits per heavy atom. The predicted molar refractivity (Wildman–Crippen MR) is 81.4 cm³/mol. The molecule has 0 heterocycles. The summed E-state index contributed by atoms with van der Waals surface area (Å²) < 4.78 is 16.0. The molecule has 2 N–H and O–H groups in total. The van der Waals surface area contributed by atoms with Crippen LogP contribution in [0.3, 0.4) is 0 Å². The molecule has 0 bridgehead atoms. The molecule has 1 aromatic carbocycles. The number of hydrogen-bond donors (Lipinski definition) is 2. The van der Waals surface area contributed by atoms with Gasteiger partial charge < -0.3 is 24.6 Å². The number of methoxy groups -OCH3 is 3. The van der Waals surface area contributed by atoms with E-state index in [0.29, 0.717) is 23.8 Å². The van der Waals surface area contributed by atoms with E-state index in [0.717, 1.165) is 12.0 Å². The van der Waals surface area contributed by atoms with Crippen molar-refractivity contribution in [3.63, 3.8) is 0 Å². The molecule has 6 heteroatoms. The number of halogens is 1. The van der Waals surface area contributed by atoms with Crippen LogP contribution in [0.15, 0.2) is 12.1 Å². The zero-order valence-corrected chi connectivity index (χ0v) is 13.3. The Bertz CT molecular complexity index is 397. The van der Waals surface area contributed by atoms with Crippen molar-refractivity contribution in [2.45, 2.75) is 25.9 Å². The molecule has 0 aliphatic heterocycles. The van der Waals surface area contributed by atoms with E-state index < -0.39 is 0 Å². The molecular formula is C14H24ClNO4. The zero-order valence-electron chi connectivity index (χ0n) is 12.4. The number of hydrogen-bond acceptors (Lipinski definition) is 5. The summed E-state index contributed by atoms with van der Waals surface area (Å²) in [4.78, 5) is 0. The van der Waals surface area contributed by atoms with E-state index in [2.05, 4.69) is 5.32 Å². The fourth-order valence-electron chi connectivity index (χ4n) is 1.89. The van der Waals surface area contributed by atoms with Crippen LogP contribution in [0.2, 0.25) is 0 Å². The van der Waals surface area contributed by atoms with Gasteiger partial charge >= 0.3 is 0 Å². The number of aliphatic hydroxyl groups excluding tert-OH is 1. The van der Waals surface area contributed by atoms with Gasteiger partial charge in [0.1, 0.15) is 0 Å². The first-order chi connectivity index (χ1) is 9.21. The Kier molecular flexibility index (Phi) is 9.12. The Balaban J connectivity index is 0.00000361. The third kappa shape index (κ3) is 4.44. The second-order valence-electron chi connectivity index (χ2n) is 4.16. The number of ether oxygens (including phenoxy) is 3. The average Bonchev–Trinajstić information content (AvgIpc) is 2.47. The van der Waals surface area contributed by atoms with Crippen molar-refractivity contribution in [1.29, 1.82) is 0 Å². The summed E-state index contributed by atoms with van der Waals surface area (Å²) in [5.41, 5.74) is 0.965. The first-order valence-electron chi connectivity index (χ1n) is 6.33. The first-order valence-corrected chi connectivity index (χ1v) is 6.33. The van der Waals surface area contributed by atoms with Crippen molar-refractivity contribution in [2.24, 2.45) is 0 Å². The maximum Gasteiger partial charge on any atom is 0.203 e. The molecule has 1 atom stereocenters. The minimum absolute atomic E-state index is 0. The molecule has 0 aliphatic rings. The molecule has 5 nitrogen and oxygen atoms in total. The lowest BCUT2D eigenvalue weighted by molar-refractivity contribution is 0.237. The van der Waals surface area contributed by atoms with E-state index in [1.165, 1.54) is 0 Å². The third-order valence-corrected chi connectivity index (χ3v) is 3.08. The van der Waals surface area contributed by atoms with Crippen molar-refractivity contribution < 1.29 is 19.3 Å². The van der Waals surface area contributed by atoms with Crippen LogP contribution >= 0.6 is 12.4 Å². The van der Waals surface area contributed by atoms with Crippen LogP contribution in [0.1, 0.15) is 18.9 Å². The average molecular weight is 306 g/mol. The van der Waals surface area contributed by atoms with Crippen LogP contribution in [0.25, 0.3) is 0 Å². The summed E-state index contributed by atoms with van der Waals surface area (Å²) in [6.45, 7) is 2.74. The van der Waals surface area contributed by atoms with Gasteiger partial charge in [-0.1, -0.05) is 13.0 Å². The van der Waals surface area contributed by atoms with Crippen molar-refractivity contribution in [1.82, 2.24) is 5.32 Å². The number of nitrogens with one attached hydrogen (secondary N) is 1. The van der Waals surface area contributed by atoms with Gasteiger partial charge in [-0.15, -0.1) is 12.4 Å². The van der Waals surface area contributed by atoms with E-state index in [1.807, 2.05) is 19.1 Å². The number of rotatable bonds is 8. The Hall–Kier alpha value is -1.17. The van der Waals surface area contributed by atoms with E-state index >= 15 is 0 Å². The van der Waals surface area contributed by atoms with Crippen LogP contribution in [-0.4, -0.2) is 39.1 Å². The molecule has 1 aromatic rings. The summed E-state index contributed by atoms with van der Waals surface area (Å²) in [5.74, 6) is 1.88. The van der Waals surface area contributed by atoms with Crippen molar-refractivity contribution in [3.05, 3.63) is 17.7 Å². The van der Waals surface area contributed by atoms with E-state index in [-0.39, 0.29) is 25.1 Å². The lowest BCUT2D eigenvalue weighted by Crippen LogP contribution is -2.31. The molecule has 116 valence electrons. The van der Waals surface area contributed by atoms with Gasteiger partial charge in [0.2, 0.25) is 5.75 Å². The van der Waals surface area contributed by atoms with Gasteiger partial charge in [0.15, 0.2) is 11.5 Å². The van der Waals surface area contributed by atoms with Gasteiger partial charge in [-0.3, -0.25) is 0 Å². The standard InChI is InChI=1S/C14H23NO4.ClH/c1-5-11(9-16)15-8-10-6-7-12(17-2)14(19-4)13(10)18-3;/h6-7,11,15-16H,5,8-9H2,1-4H3;1H. The van der Waals surface area contributed by atoms with Crippen molar-refractivity contribution in [2.75, 3.05) is 27.9 Å². The second-order valence-corrected chi connectivity index (χ2v) is 4.16. The molecule has 20 heavy (non-hydrogen) atoms. The van der Waals surface area contributed by atoms with E-state index in [4.69, 9.17) is 14.2 Å². The van der Waals surface area contributed by atoms with Gasteiger partial charge in [0.25, 0.3) is 0 Å². The Labute approximate surface area is 126 Å². The van der Waals surface area contributed by atoms with Gasteiger partial charge in [-0.25, -0.2) is 0 Å². The largest absolute Gasteiger partial charge is 0.493 e. The maximum atomic E-state index is 9.18. The summed E-state index contributed by atoms with van der Waals surface area (Å²) in [5, 5.41) is 12.4. The molecule has 0 amide bonds. The predicted octanol–water partition coefficient (Wildman–Crippen LogP) is 1.99. The highest BCUT2D eigenvalue weighted by Crippen LogP contribution is 2.39. The minimum Gasteiger partial charge on any atom is -0.493 e. The van der Waals surface area contributed by atoms with Crippen molar-refractivity contribution in [3.8, 4) is 17.2 Å². The lowest BCUT2D eigenvalue weighted by Gasteiger charge is -2.18. The summed E-state index contributed by atoms with van der Waals surface area (Å²) in [6, 6.07) is 3.85. The highest BCUT2D eigenvalue weighted by Gasteiger charge is 2.16. The van der Waals surface area contributed by atoms with E-state index in [1.54, 1.807) is 21.3 Å². The molecule has 1 rings (SSSR count). The molecule has 0 saturated carbocycles. The zero-order chi connectivity index (χ0) is 14.3. The SMILES string of the molecule is CCC(CO)NCc1ccc(OC)c(OC)c1OC.Cl. The Morgan fingerprint density at radius 3 is 2.20 bits per heavy atom. The number of benzene rings is 1. The molecule has 0 saturated heterocycles. The van der Waals surface area contributed by atoms with Gasteiger partial charge in [0, 0.05) is 18.2 Å². The first kappa shape index (κ1) is 18.8. The van der Waals surface area contributed by atoms with Gasteiger partial charge in [-0.05, 0) is 12.5 Å². The monoisotopic (exact) mass is 305 g/mol. The fraction of sp³-hybridized carbons (Fsp3) is 0.571. The molecule has 0 aliphatic carbocycles. The normalized spacial score (nSPS) is 11.4. The fourth-order valence-corrected chi connectivity index (χ4v) is 1.89. The third-order valence-electron chi connectivity index (χ3n) is 3.08. The lowest BCUT2D eigenvalue weighted by atomic mass is 10.1. The quantitative estimate of drug-likeness (QED) is 0.769. The highest BCUT2D eigenvalue weighted by atomic mass is 35.5. The van der Waals surface area contributed by atoms with Crippen molar-refractivity contribution >= 4 is 12.4 Å². The summed E-state index contributed by atoms with van der Waals surface area (Å²) >= 11 is 0. The molecule has 1 unspecified atom stereocenters. The molecule has 0 spiro atoms. The van der Waals surface area contributed by atoms with Gasteiger partial charge in [-0.2, -0.15) is 0 Å². The van der Waals surface area contributed by atoms with Crippen LogP contribution in [0.5, 0.6) is 17.2 Å². The van der Waals surface area contributed by atoms with Crippen LogP contribution in [0, 0.1) is 0 Å². The summed E-state index contributed by atoms with van der Waals surface area (Å²) in [7, 11) is 4.78. The Morgan fingerprint density at radius 2 is 1.75 bits per heavy atom. The molecular weight excluding hydrogens is 282 g/mol. The van der Waals surface area contributed by atoms with Crippen LogP contribution < -0.4 is 19.5 Å². The maximum absolute atomic E-state index is 9.18. The smallest absolute Gasteiger partial charge is 0.203 e. The van der Waals surface area contributed by atoms with Crippen LogP contribution in [-0.2, 0) is 6.54 Å². The summed E-state index contributed by atoms with van der Waals surface area (Å²) in [6.07, 6.45) is 0.867. The molecule has 0 aromatic heterocycles. The van der Waals surface area contributed by atoms with Gasteiger partial charge in [0.05, 0.1) is 27.9 Å². The molecule has 0 fully saturated rings. The van der Waals surface area contributed by atoms with E-state index in [9.17, 15) is 5.11 Å². The second kappa shape index (κ2) is 9.69. The number of aliphatic hydroxyl groups is 1. The highest BCUT2D eigenvalue weighted by molar-refractivity contribution is 5.85. The van der Waals surface area contributed by atoms with Crippen LogP contribution in [0.4, 0.5) is 0 Å². The molecule has 0 radical (unpaired) electrons. The topological polar surface area (TPSA) is 60.0 Å².